The summed E-state index contributed by atoms with van der Waals surface area (Å²) in [5, 5.41) is 9.34. The van der Waals surface area contributed by atoms with Crippen LogP contribution in [0.3, 0.4) is 0 Å². The number of unbranched alkanes of at least 4 members (excludes halogenated alkanes) is 8. The Morgan fingerprint density at radius 3 is 1.67 bits per heavy atom. The third kappa shape index (κ3) is 14.2. The SMILES string of the molecule is CCCCCCCCC(O)CCCC(CCCCCC)S(=O)(=O)O. The maximum atomic E-state index is 11.5. The Kier molecular flexibility index (Phi) is 15.1. The van der Waals surface area contributed by atoms with Crippen molar-refractivity contribution in [1.29, 1.82) is 0 Å². The molecule has 0 bridgehead atoms. The summed E-state index contributed by atoms with van der Waals surface area (Å²) in [6.07, 6.45) is 14.1. The topological polar surface area (TPSA) is 74.6 Å². The number of aliphatic hydroxyl groups excluding tert-OH is 1. The first kappa shape index (κ1) is 23.9. The second-order valence-corrected chi connectivity index (χ2v) is 8.82. The minimum atomic E-state index is -3.96. The summed E-state index contributed by atoms with van der Waals surface area (Å²) < 4.78 is 32.3. The van der Waals surface area contributed by atoms with Gasteiger partial charge in [0.25, 0.3) is 10.1 Å². The first-order valence-electron chi connectivity index (χ1n) is 10.1. The van der Waals surface area contributed by atoms with Crippen molar-refractivity contribution < 1.29 is 18.1 Å². The Morgan fingerprint density at radius 2 is 1.08 bits per heavy atom. The molecule has 0 aliphatic rings. The van der Waals surface area contributed by atoms with Crippen LogP contribution in [0.1, 0.15) is 110 Å². The van der Waals surface area contributed by atoms with Gasteiger partial charge in [-0.2, -0.15) is 8.42 Å². The molecule has 0 aliphatic heterocycles. The van der Waals surface area contributed by atoms with Gasteiger partial charge in [0.15, 0.2) is 0 Å². The van der Waals surface area contributed by atoms with Gasteiger partial charge >= 0.3 is 0 Å². The molecule has 2 N–H and O–H groups in total. The highest BCUT2D eigenvalue weighted by molar-refractivity contribution is 7.86. The molecule has 0 radical (unpaired) electrons. The number of aliphatic hydroxyl groups is 1. The summed E-state index contributed by atoms with van der Waals surface area (Å²) in [6, 6.07) is 0. The highest BCUT2D eigenvalue weighted by Crippen LogP contribution is 2.19. The zero-order valence-electron chi connectivity index (χ0n) is 15.9. The normalized spacial score (nSPS) is 14.7. The maximum Gasteiger partial charge on any atom is 0.267 e. The molecule has 5 heteroatoms. The molecule has 0 aromatic heterocycles. The molecule has 0 fully saturated rings. The predicted octanol–water partition coefficient (Wildman–Crippen LogP) is 5.50. The molecule has 0 aromatic carbocycles. The monoisotopic (exact) mass is 364 g/mol. The lowest BCUT2D eigenvalue weighted by Gasteiger charge is -2.15. The Bertz CT molecular complexity index is 368. The fourth-order valence-corrected chi connectivity index (χ4v) is 4.06. The zero-order valence-corrected chi connectivity index (χ0v) is 16.7. The van der Waals surface area contributed by atoms with Crippen LogP contribution in [0.4, 0.5) is 0 Å². The van der Waals surface area contributed by atoms with Crippen LogP contribution >= 0.6 is 0 Å². The lowest BCUT2D eigenvalue weighted by atomic mass is 10.0. The van der Waals surface area contributed by atoms with Crippen molar-refractivity contribution in [2.75, 3.05) is 0 Å². The Hall–Kier alpha value is -0.130. The minimum absolute atomic E-state index is 0.335. The van der Waals surface area contributed by atoms with Gasteiger partial charge in [0, 0.05) is 0 Å². The quantitative estimate of drug-likeness (QED) is 0.264. The standard InChI is InChI=1S/C19H40O4S/c1-3-5-7-9-10-11-14-18(20)15-13-17-19(24(21,22)23)16-12-8-6-4-2/h18-20H,3-17H2,1-2H3,(H,21,22,23). The molecule has 0 aromatic rings. The summed E-state index contributed by atoms with van der Waals surface area (Å²) in [6.45, 7) is 4.32. The summed E-state index contributed by atoms with van der Waals surface area (Å²) in [4.78, 5) is 0. The highest BCUT2D eigenvalue weighted by Gasteiger charge is 2.22. The highest BCUT2D eigenvalue weighted by atomic mass is 32.2. The van der Waals surface area contributed by atoms with E-state index in [0.717, 1.165) is 38.5 Å². The van der Waals surface area contributed by atoms with Gasteiger partial charge in [0.05, 0.1) is 11.4 Å². The fraction of sp³-hybridized carbons (Fsp3) is 1.00. The molecule has 0 saturated heterocycles. The summed E-state index contributed by atoms with van der Waals surface area (Å²) >= 11 is 0. The lowest BCUT2D eigenvalue weighted by Crippen LogP contribution is -2.21. The van der Waals surface area contributed by atoms with Gasteiger partial charge in [0.1, 0.15) is 0 Å². The van der Waals surface area contributed by atoms with Gasteiger partial charge < -0.3 is 5.11 Å². The largest absolute Gasteiger partial charge is 0.393 e. The molecule has 0 aliphatic carbocycles. The van der Waals surface area contributed by atoms with E-state index in [1.807, 2.05) is 0 Å². The average molecular weight is 365 g/mol. The van der Waals surface area contributed by atoms with Crippen molar-refractivity contribution in [2.45, 2.75) is 122 Å². The zero-order chi connectivity index (χ0) is 18.3. The molecule has 0 saturated carbocycles. The van der Waals surface area contributed by atoms with Crippen LogP contribution in [0.15, 0.2) is 0 Å². The smallest absolute Gasteiger partial charge is 0.267 e. The van der Waals surface area contributed by atoms with Crippen LogP contribution in [-0.4, -0.2) is 29.4 Å². The van der Waals surface area contributed by atoms with E-state index >= 15 is 0 Å². The van der Waals surface area contributed by atoms with Gasteiger partial charge in [-0.1, -0.05) is 78.1 Å². The van der Waals surface area contributed by atoms with Gasteiger partial charge in [-0.3, -0.25) is 4.55 Å². The molecule has 4 nitrogen and oxygen atoms in total. The number of hydrogen-bond acceptors (Lipinski definition) is 3. The first-order chi connectivity index (χ1) is 11.4. The van der Waals surface area contributed by atoms with Crippen LogP contribution in [0.25, 0.3) is 0 Å². The number of hydrogen-bond donors (Lipinski definition) is 2. The van der Waals surface area contributed by atoms with Crippen LogP contribution < -0.4 is 0 Å². The van der Waals surface area contributed by atoms with E-state index in [0.29, 0.717) is 25.7 Å². The third-order valence-electron chi connectivity index (χ3n) is 4.76. The second-order valence-electron chi connectivity index (χ2n) is 7.13. The summed E-state index contributed by atoms with van der Waals surface area (Å²) in [7, 11) is -3.96. The van der Waals surface area contributed by atoms with E-state index < -0.39 is 15.4 Å². The van der Waals surface area contributed by atoms with Crippen molar-refractivity contribution >= 4 is 10.1 Å². The molecule has 2 unspecified atom stereocenters. The molecule has 0 spiro atoms. The fourth-order valence-electron chi connectivity index (χ4n) is 3.13. The predicted molar refractivity (Wildman–Crippen MR) is 102 cm³/mol. The maximum absolute atomic E-state index is 11.5. The first-order valence-corrected chi connectivity index (χ1v) is 11.6. The van der Waals surface area contributed by atoms with Gasteiger partial charge in [-0.15, -0.1) is 0 Å². The minimum Gasteiger partial charge on any atom is -0.393 e. The third-order valence-corrected chi connectivity index (χ3v) is 6.07. The van der Waals surface area contributed by atoms with Crippen LogP contribution in [0.5, 0.6) is 0 Å². The second kappa shape index (κ2) is 15.2. The van der Waals surface area contributed by atoms with Crippen molar-refractivity contribution in [3.63, 3.8) is 0 Å². The van der Waals surface area contributed by atoms with E-state index in [-0.39, 0.29) is 6.10 Å². The van der Waals surface area contributed by atoms with E-state index in [4.69, 9.17) is 0 Å². The Labute approximate surface area is 150 Å². The van der Waals surface area contributed by atoms with Crippen LogP contribution in [0.2, 0.25) is 0 Å². The Balaban J connectivity index is 3.84. The average Bonchev–Trinajstić information content (AvgIpc) is 2.52. The molecule has 24 heavy (non-hydrogen) atoms. The van der Waals surface area contributed by atoms with E-state index in [1.165, 1.54) is 32.1 Å². The van der Waals surface area contributed by atoms with E-state index in [1.54, 1.807) is 0 Å². The van der Waals surface area contributed by atoms with E-state index in [2.05, 4.69) is 13.8 Å². The van der Waals surface area contributed by atoms with Crippen LogP contribution in [-0.2, 0) is 10.1 Å². The van der Waals surface area contributed by atoms with Gasteiger partial charge in [0.2, 0.25) is 0 Å². The lowest BCUT2D eigenvalue weighted by molar-refractivity contribution is 0.147. The molecule has 0 rings (SSSR count). The molecular weight excluding hydrogens is 324 g/mol. The molecular formula is C19H40O4S. The molecule has 2 atom stereocenters. The Morgan fingerprint density at radius 1 is 0.667 bits per heavy atom. The van der Waals surface area contributed by atoms with Crippen molar-refractivity contribution in [3.05, 3.63) is 0 Å². The molecule has 146 valence electrons. The molecule has 0 heterocycles. The molecule has 0 amide bonds. The summed E-state index contributed by atoms with van der Waals surface area (Å²) in [5.74, 6) is 0. The van der Waals surface area contributed by atoms with Crippen LogP contribution in [0, 0.1) is 0 Å². The van der Waals surface area contributed by atoms with Crippen molar-refractivity contribution in [2.24, 2.45) is 0 Å². The van der Waals surface area contributed by atoms with Crippen molar-refractivity contribution in [3.8, 4) is 0 Å². The number of rotatable bonds is 17. The summed E-state index contributed by atoms with van der Waals surface area (Å²) in [5.41, 5.74) is 0. The van der Waals surface area contributed by atoms with Crippen molar-refractivity contribution in [1.82, 2.24) is 0 Å². The van der Waals surface area contributed by atoms with Gasteiger partial charge in [-0.05, 0) is 32.1 Å². The van der Waals surface area contributed by atoms with E-state index in [9.17, 15) is 18.1 Å². The van der Waals surface area contributed by atoms with Gasteiger partial charge in [-0.25, -0.2) is 0 Å².